The Hall–Kier alpha value is -2.51. The summed E-state index contributed by atoms with van der Waals surface area (Å²) in [6, 6.07) is 1.43. The van der Waals surface area contributed by atoms with Crippen LogP contribution in [0.5, 0.6) is 0 Å². The normalized spacial score (nSPS) is 12.2. The van der Waals surface area contributed by atoms with Crippen LogP contribution in [0.25, 0.3) is 0 Å². The van der Waals surface area contributed by atoms with Crippen molar-refractivity contribution in [3.63, 3.8) is 0 Å². The van der Waals surface area contributed by atoms with Gasteiger partial charge in [-0.25, -0.2) is 13.6 Å². The first-order valence-electron chi connectivity index (χ1n) is 7.54. The summed E-state index contributed by atoms with van der Waals surface area (Å²) < 4.78 is 35.9. The van der Waals surface area contributed by atoms with Crippen LogP contribution >= 0.6 is 0 Å². The number of methoxy groups -OCH3 is 1. The van der Waals surface area contributed by atoms with Crippen LogP contribution in [-0.4, -0.2) is 36.6 Å². The SMILES string of the molecule is COC(=O)[C@H](CC(=O)OC(C)(C)C)NC(=O)Cc1cc(F)cc(F)c1. The lowest BCUT2D eigenvalue weighted by Gasteiger charge is -2.22. The van der Waals surface area contributed by atoms with Gasteiger partial charge in [0, 0.05) is 6.07 Å². The molecule has 1 aromatic carbocycles. The zero-order chi connectivity index (χ0) is 19.2. The molecule has 0 heterocycles. The van der Waals surface area contributed by atoms with Gasteiger partial charge in [-0.2, -0.15) is 0 Å². The second-order valence-corrected chi connectivity index (χ2v) is 6.39. The molecule has 1 rings (SSSR count). The van der Waals surface area contributed by atoms with E-state index in [-0.39, 0.29) is 12.0 Å². The van der Waals surface area contributed by atoms with Crippen LogP contribution < -0.4 is 5.32 Å². The van der Waals surface area contributed by atoms with Gasteiger partial charge in [-0.1, -0.05) is 0 Å². The fraction of sp³-hybridized carbons (Fsp3) is 0.471. The quantitative estimate of drug-likeness (QED) is 0.787. The summed E-state index contributed by atoms with van der Waals surface area (Å²) in [5.74, 6) is -3.85. The number of halogens is 2. The molecule has 0 saturated carbocycles. The van der Waals surface area contributed by atoms with Gasteiger partial charge >= 0.3 is 11.9 Å². The van der Waals surface area contributed by atoms with Crippen molar-refractivity contribution in [1.82, 2.24) is 5.32 Å². The van der Waals surface area contributed by atoms with Crippen LogP contribution in [-0.2, 0) is 30.3 Å². The second-order valence-electron chi connectivity index (χ2n) is 6.39. The molecule has 0 aliphatic rings. The molecule has 0 saturated heterocycles. The highest BCUT2D eigenvalue weighted by Gasteiger charge is 2.27. The molecule has 0 spiro atoms. The molecule has 0 fully saturated rings. The van der Waals surface area contributed by atoms with Gasteiger partial charge in [0.05, 0.1) is 20.0 Å². The molecule has 138 valence electrons. The molecule has 6 nitrogen and oxygen atoms in total. The first-order valence-corrected chi connectivity index (χ1v) is 7.54. The number of ether oxygens (including phenoxy) is 2. The van der Waals surface area contributed by atoms with Crippen LogP contribution in [0.4, 0.5) is 8.78 Å². The average Bonchev–Trinajstić information content (AvgIpc) is 2.42. The Morgan fingerprint density at radius 3 is 2.16 bits per heavy atom. The molecule has 1 N–H and O–H groups in total. The maximum atomic E-state index is 13.1. The van der Waals surface area contributed by atoms with Gasteiger partial charge in [-0.15, -0.1) is 0 Å². The van der Waals surface area contributed by atoms with Crippen LogP contribution in [0.2, 0.25) is 0 Å². The van der Waals surface area contributed by atoms with E-state index in [0.29, 0.717) is 6.07 Å². The minimum absolute atomic E-state index is 0.0934. The zero-order valence-corrected chi connectivity index (χ0v) is 14.5. The van der Waals surface area contributed by atoms with Crippen LogP contribution in [0.15, 0.2) is 18.2 Å². The lowest BCUT2D eigenvalue weighted by atomic mass is 10.1. The highest BCUT2D eigenvalue weighted by atomic mass is 19.1. The largest absolute Gasteiger partial charge is 0.467 e. The van der Waals surface area contributed by atoms with E-state index in [0.717, 1.165) is 19.2 Å². The number of amides is 1. The average molecular weight is 357 g/mol. The second kappa shape index (κ2) is 8.55. The molecular weight excluding hydrogens is 336 g/mol. The molecule has 0 unspecified atom stereocenters. The van der Waals surface area contributed by atoms with Gasteiger partial charge in [0.1, 0.15) is 23.3 Å². The first kappa shape index (κ1) is 20.5. The smallest absolute Gasteiger partial charge is 0.328 e. The molecule has 0 bridgehead atoms. The standard InChI is InChI=1S/C17H21F2NO5/c1-17(2,3)25-15(22)9-13(16(23)24-4)20-14(21)7-10-5-11(18)8-12(19)6-10/h5-6,8,13H,7,9H2,1-4H3,(H,20,21)/t13-/m0/s1. The fourth-order valence-electron chi connectivity index (χ4n) is 2.03. The highest BCUT2D eigenvalue weighted by molar-refractivity contribution is 5.88. The molecule has 8 heteroatoms. The van der Waals surface area contributed by atoms with Crippen molar-refractivity contribution in [2.24, 2.45) is 0 Å². The third kappa shape index (κ3) is 7.73. The Labute approximate surface area is 144 Å². The van der Waals surface area contributed by atoms with E-state index >= 15 is 0 Å². The summed E-state index contributed by atoms with van der Waals surface area (Å²) in [4.78, 5) is 35.6. The Bertz CT molecular complexity index is 635. The van der Waals surface area contributed by atoms with Gasteiger partial charge in [0.2, 0.25) is 5.91 Å². The molecule has 1 aromatic rings. The minimum atomic E-state index is -1.26. The van der Waals surface area contributed by atoms with Crippen LogP contribution in [0, 0.1) is 11.6 Å². The van der Waals surface area contributed by atoms with Gasteiger partial charge in [-0.3, -0.25) is 9.59 Å². The topological polar surface area (TPSA) is 81.7 Å². The predicted octanol–water partition coefficient (Wildman–Crippen LogP) is 1.90. The lowest BCUT2D eigenvalue weighted by Crippen LogP contribution is -2.44. The summed E-state index contributed by atoms with van der Waals surface area (Å²) in [6.07, 6.45) is -0.788. The molecule has 0 aliphatic carbocycles. The first-order chi connectivity index (χ1) is 11.5. The number of carbonyl (C=O) groups excluding carboxylic acids is 3. The number of nitrogens with one attached hydrogen (secondary N) is 1. The summed E-state index contributed by atoms with van der Waals surface area (Å²) >= 11 is 0. The number of benzene rings is 1. The molecule has 0 radical (unpaired) electrons. The number of hydrogen-bond donors (Lipinski definition) is 1. The molecule has 25 heavy (non-hydrogen) atoms. The third-order valence-corrected chi connectivity index (χ3v) is 2.90. The lowest BCUT2D eigenvalue weighted by molar-refractivity contribution is -0.159. The molecule has 0 aliphatic heterocycles. The van der Waals surface area contributed by atoms with Crippen molar-refractivity contribution in [3.8, 4) is 0 Å². The molecule has 1 atom stereocenters. The Morgan fingerprint density at radius 1 is 1.12 bits per heavy atom. The monoisotopic (exact) mass is 357 g/mol. The zero-order valence-electron chi connectivity index (χ0n) is 14.5. The number of carbonyl (C=O) groups is 3. The third-order valence-electron chi connectivity index (χ3n) is 2.90. The fourth-order valence-corrected chi connectivity index (χ4v) is 2.03. The summed E-state index contributed by atoms with van der Waals surface area (Å²) in [5, 5.41) is 2.31. The highest BCUT2D eigenvalue weighted by Crippen LogP contribution is 2.11. The molecule has 1 amide bonds. The van der Waals surface area contributed by atoms with Gasteiger partial charge < -0.3 is 14.8 Å². The Morgan fingerprint density at radius 2 is 1.68 bits per heavy atom. The van der Waals surface area contributed by atoms with E-state index in [1.54, 1.807) is 20.8 Å². The van der Waals surface area contributed by atoms with Crippen LogP contribution in [0.3, 0.4) is 0 Å². The van der Waals surface area contributed by atoms with Crippen molar-refractivity contribution in [2.45, 2.75) is 45.3 Å². The van der Waals surface area contributed by atoms with Crippen molar-refractivity contribution in [2.75, 3.05) is 7.11 Å². The van der Waals surface area contributed by atoms with Gasteiger partial charge in [0.15, 0.2) is 0 Å². The van der Waals surface area contributed by atoms with Gasteiger partial charge in [-0.05, 0) is 38.5 Å². The van der Waals surface area contributed by atoms with Crippen molar-refractivity contribution in [3.05, 3.63) is 35.4 Å². The Balaban J connectivity index is 2.75. The molecule has 0 aromatic heterocycles. The summed E-state index contributed by atoms with van der Waals surface area (Å²) in [7, 11) is 1.11. The van der Waals surface area contributed by atoms with Crippen molar-refractivity contribution >= 4 is 17.8 Å². The molecular formula is C17H21F2NO5. The maximum absolute atomic E-state index is 13.1. The van der Waals surface area contributed by atoms with E-state index in [1.807, 2.05) is 0 Å². The van der Waals surface area contributed by atoms with E-state index in [2.05, 4.69) is 10.1 Å². The summed E-state index contributed by atoms with van der Waals surface area (Å²) in [5.41, 5.74) is -0.656. The van der Waals surface area contributed by atoms with E-state index in [9.17, 15) is 23.2 Å². The summed E-state index contributed by atoms with van der Waals surface area (Å²) in [6.45, 7) is 4.99. The van der Waals surface area contributed by atoms with Crippen LogP contribution in [0.1, 0.15) is 32.8 Å². The van der Waals surface area contributed by atoms with E-state index in [4.69, 9.17) is 4.74 Å². The minimum Gasteiger partial charge on any atom is -0.467 e. The maximum Gasteiger partial charge on any atom is 0.328 e. The van der Waals surface area contributed by atoms with Crippen molar-refractivity contribution in [1.29, 1.82) is 0 Å². The number of rotatable bonds is 6. The van der Waals surface area contributed by atoms with Gasteiger partial charge in [0.25, 0.3) is 0 Å². The Kier molecular flexibility index (Phi) is 7.02. The van der Waals surface area contributed by atoms with Crippen molar-refractivity contribution < 1.29 is 32.6 Å². The number of esters is 2. The predicted molar refractivity (Wildman–Crippen MR) is 84.5 cm³/mol. The van der Waals surface area contributed by atoms with E-state index < -0.39 is 47.5 Å². The van der Waals surface area contributed by atoms with E-state index in [1.165, 1.54) is 0 Å². The number of hydrogen-bond acceptors (Lipinski definition) is 5.